The first kappa shape index (κ1) is 8.52. The molecule has 0 radical (unpaired) electrons. The van der Waals surface area contributed by atoms with Gasteiger partial charge in [0.1, 0.15) is 5.75 Å². The Kier molecular flexibility index (Phi) is 2.63. The summed E-state index contributed by atoms with van der Waals surface area (Å²) in [6, 6.07) is 1.75. The summed E-state index contributed by atoms with van der Waals surface area (Å²) in [5.74, 6) is 0.736. The Morgan fingerprint density at radius 1 is 1.67 bits per heavy atom. The van der Waals surface area contributed by atoms with Crippen molar-refractivity contribution in [2.45, 2.75) is 6.92 Å². The van der Waals surface area contributed by atoms with Gasteiger partial charge in [-0.15, -0.1) is 0 Å². The van der Waals surface area contributed by atoms with Crippen LogP contribution in [0, 0.1) is 6.92 Å². The molecule has 64 valence electrons. The van der Waals surface area contributed by atoms with Crippen LogP contribution < -0.4 is 4.74 Å². The van der Waals surface area contributed by atoms with E-state index in [0.717, 1.165) is 11.3 Å². The molecule has 0 aromatic carbocycles. The van der Waals surface area contributed by atoms with Gasteiger partial charge >= 0.3 is 0 Å². The molecule has 0 aliphatic rings. The highest BCUT2D eigenvalue weighted by molar-refractivity contribution is 5.79. The van der Waals surface area contributed by atoms with Crippen LogP contribution in [0.4, 0.5) is 0 Å². The summed E-state index contributed by atoms with van der Waals surface area (Å²) in [6.07, 6.45) is 2.88. The van der Waals surface area contributed by atoms with E-state index in [1.807, 2.05) is 6.92 Å². The van der Waals surface area contributed by atoms with Crippen molar-refractivity contribution in [3.8, 4) is 5.75 Å². The minimum atomic E-state index is 0.608. The Hall–Kier alpha value is -1.58. The SMILES string of the molecule is COc1ccnc(/C=N/O)c1C. The molecule has 12 heavy (non-hydrogen) atoms. The maximum atomic E-state index is 8.30. The first-order valence-corrected chi connectivity index (χ1v) is 3.46. The molecule has 1 aromatic rings. The van der Waals surface area contributed by atoms with Crippen molar-refractivity contribution in [1.29, 1.82) is 0 Å². The van der Waals surface area contributed by atoms with Gasteiger partial charge in [0.25, 0.3) is 0 Å². The predicted octanol–water partition coefficient (Wildman–Crippen LogP) is 1.21. The molecular formula is C8H10N2O2. The fourth-order valence-electron chi connectivity index (χ4n) is 0.939. The molecule has 4 heteroatoms. The van der Waals surface area contributed by atoms with Crippen LogP contribution in [0.25, 0.3) is 0 Å². The van der Waals surface area contributed by atoms with Gasteiger partial charge in [0.2, 0.25) is 0 Å². The molecule has 0 saturated heterocycles. The van der Waals surface area contributed by atoms with E-state index in [1.165, 1.54) is 6.21 Å². The van der Waals surface area contributed by atoms with Gasteiger partial charge in [-0.2, -0.15) is 0 Å². The van der Waals surface area contributed by atoms with E-state index in [1.54, 1.807) is 19.4 Å². The van der Waals surface area contributed by atoms with E-state index >= 15 is 0 Å². The Balaban J connectivity index is 3.13. The third-order valence-corrected chi connectivity index (χ3v) is 1.59. The number of oxime groups is 1. The maximum absolute atomic E-state index is 8.30. The average molecular weight is 166 g/mol. The van der Waals surface area contributed by atoms with Crippen molar-refractivity contribution >= 4 is 6.21 Å². The van der Waals surface area contributed by atoms with Gasteiger partial charge in [-0.05, 0) is 13.0 Å². The molecule has 1 rings (SSSR count). The third-order valence-electron chi connectivity index (χ3n) is 1.59. The van der Waals surface area contributed by atoms with Gasteiger partial charge in [-0.1, -0.05) is 5.16 Å². The van der Waals surface area contributed by atoms with Crippen molar-refractivity contribution < 1.29 is 9.94 Å². The molecular weight excluding hydrogens is 156 g/mol. The molecule has 1 aromatic heterocycles. The average Bonchev–Trinajstić information content (AvgIpc) is 2.09. The summed E-state index contributed by atoms with van der Waals surface area (Å²) in [7, 11) is 1.59. The summed E-state index contributed by atoms with van der Waals surface area (Å²) >= 11 is 0. The van der Waals surface area contributed by atoms with Gasteiger partial charge < -0.3 is 9.94 Å². The largest absolute Gasteiger partial charge is 0.496 e. The Morgan fingerprint density at radius 3 is 3.00 bits per heavy atom. The summed E-state index contributed by atoms with van der Waals surface area (Å²) in [4.78, 5) is 3.99. The molecule has 0 fully saturated rings. The second kappa shape index (κ2) is 3.71. The number of hydrogen-bond acceptors (Lipinski definition) is 4. The lowest BCUT2D eigenvalue weighted by atomic mass is 10.2. The Bertz CT molecular complexity index is 297. The zero-order valence-electron chi connectivity index (χ0n) is 6.98. The molecule has 0 spiro atoms. The molecule has 1 N–H and O–H groups in total. The summed E-state index contributed by atoms with van der Waals surface area (Å²) in [6.45, 7) is 1.85. The van der Waals surface area contributed by atoms with E-state index < -0.39 is 0 Å². The van der Waals surface area contributed by atoms with E-state index in [2.05, 4.69) is 10.1 Å². The van der Waals surface area contributed by atoms with Gasteiger partial charge in [0, 0.05) is 11.8 Å². The minimum absolute atomic E-state index is 0.608. The molecule has 1 heterocycles. The molecule has 0 aliphatic heterocycles. The van der Waals surface area contributed by atoms with Gasteiger partial charge in [0.15, 0.2) is 0 Å². The zero-order chi connectivity index (χ0) is 8.97. The van der Waals surface area contributed by atoms with Crippen LogP contribution in [0.1, 0.15) is 11.3 Å². The molecule has 0 unspecified atom stereocenters. The maximum Gasteiger partial charge on any atom is 0.125 e. The van der Waals surface area contributed by atoms with Gasteiger partial charge in [-0.25, -0.2) is 0 Å². The fourth-order valence-corrected chi connectivity index (χ4v) is 0.939. The number of ether oxygens (including phenoxy) is 1. The number of aromatic nitrogens is 1. The molecule has 0 amide bonds. The van der Waals surface area contributed by atoms with Crippen molar-refractivity contribution in [2.24, 2.45) is 5.16 Å². The third kappa shape index (κ3) is 1.53. The van der Waals surface area contributed by atoms with Crippen molar-refractivity contribution in [1.82, 2.24) is 4.98 Å². The molecule has 0 atom stereocenters. The summed E-state index contributed by atoms with van der Waals surface area (Å²) in [5.41, 5.74) is 1.47. The standard InChI is InChI=1S/C8H10N2O2/c1-6-7(5-10-11)9-4-3-8(6)12-2/h3-5,11H,1-2H3/b10-5+. The van der Waals surface area contributed by atoms with Gasteiger partial charge in [0.05, 0.1) is 19.0 Å². The number of rotatable bonds is 2. The van der Waals surface area contributed by atoms with Crippen molar-refractivity contribution in [2.75, 3.05) is 7.11 Å². The first-order valence-electron chi connectivity index (χ1n) is 3.46. The van der Waals surface area contributed by atoms with Crippen molar-refractivity contribution in [3.63, 3.8) is 0 Å². The normalized spacial score (nSPS) is 10.5. The minimum Gasteiger partial charge on any atom is -0.496 e. The fraction of sp³-hybridized carbons (Fsp3) is 0.250. The van der Waals surface area contributed by atoms with Crippen LogP contribution in [-0.4, -0.2) is 23.5 Å². The Morgan fingerprint density at radius 2 is 2.42 bits per heavy atom. The van der Waals surface area contributed by atoms with E-state index in [9.17, 15) is 0 Å². The topological polar surface area (TPSA) is 54.7 Å². The summed E-state index contributed by atoms with van der Waals surface area (Å²) < 4.78 is 5.05. The number of methoxy groups -OCH3 is 1. The van der Waals surface area contributed by atoms with Crippen LogP contribution in [0.15, 0.2) is 17.4 Å². The van der Waals surface area contributed by atoms with E-state index in [0.29, 0.717) is 5.69 Å². The smallest absolute Gasteiger partial charge is 0.125 e. The molecule has 0 saturated carbocycles. The van der Waals surface area contributed by atoms with Gasteiger partial charge in [-0.3, -0.25) is 4.98 Å². The predicted molar refractivity (Wildman–Crippen MR) is 44.9 cm³/mol. The lowest BCUT2D eigenvalue weighted by molar-refractivity contribution is 0.321. The molecule has 4 nitrogen and oxygen atoms in total. The van der Waals surface area contributed by atoms with Crippen LogP contribution in [0.5, 0.6) is 5.75 Å². The lowest BCUT2D eigenvalue weighted by Gasteiger charge is -2.04. The first-order chi connectivity index (χ1) is 5.79. The quantitative estimate of drug-likeness (QED) is 0.408. The monoisotopic (exact) mass is 166 g/mol. The van der Waals surface area contributed by atoms with E-state index in [-0.39, 0.29) is 0 Å². The lowest BCUT2D eigenvalue weighted by Crippen LogP contribution is -1.95. The van der Waals surface area contributed by atoms with Crippen LogP contribution in [0.2, 0.25) is 0 Å². The molecule has 0 bridgehead atoms. The summed E-state index contributed by atoms with van der Waals surface area (Å²) in [5, 5.41) is 11.2. The number of pyridine rings is 1. The highest BCUT2D eigenvalue weighted by atomic mass is 16.5. The zero-order valence-corrected chi connectivity index (χ0v) is 6.98. The highest BCUT2D eigenvalue weighted by Gasteiger charge is 2.02. The van der Waals surface area contributed by atoms with Crippen molar-refractivity contribution in [3.05, 3.63) is 23.5 Å². The number of hydrogen-bond donors (Lipinski definition) is 1. The molecule has 0 aliphatic carbocycles. The Labute approximate surface area is 70.5 Å². The van der Waals surface area contributed by atoms with Crippen LogP contribution >= 0.6 is 0 Å². The van der Waals surface area contributed by atoms with E-state index in [4.69, 9.17) is 9.94 Å². The van der Waals surface area contributed by atoms with Crippen LogP contribution in [-0.2, 0) is 0 Å². The second-order valence-corrected chi connectivity index (χ2v) is 2.27. The second-order valence-electron chi connectivity index (χ2n) is 2.27. The number of nitrogens with zero attached hydrogens (tertiary/aromatic N) is 2. The highest BCUT2D eigenvalue weighted by Crippen LogP contribution is 2.17. The van der Waals surface area contributed by atoms with Crippen LogP contribution in [0.3, 0.4) is 0 Å².